The van der Waals surface area contributed by atoms with Crippen LogP contribution in [0.5, 0.6) is 0 Å². The van der Waals surface area contributed by atoms with E-state index in [-0.39, 0.29) is 10.9 Å². The number of carbonyl (C=O) groups is 1. The lowest BCUT2D eigenvalue weighted by Crippen LogP contribution is -2.18. The fraction of sp³-hybridized carbons (Fsp3) is 0.385. The molecule has 0 spiro atoms. The van der Waals surface area contributed by atoms with E-state index in [9.17, 15) is 17.6 Å². The molecule has 1 rings (SSSR count). The van der Waals surface area contributed by atoms with E-state index in [1.54, 1.807) is 13.8 Å². The predicted octanol–water partition coefficient (Wildman–Crippen LogP) is 3.00. The van der Waals surface area contributed by atoms with E-state index in [2.05, 4.69) is 15.9 Å². The van der Waals surface area contributed by atoms with Gasteiger partial charge in [0, 0.05) is 4.47 Å². The normalized spacial score (nSPS) is 12.0. The lowest BCUT2D eigenvalue weighted by atomic mass is 9.93. The Hall–Kier alpha value is -1.46. The fourth-order valence-corrected chi connectivity index (χ4v) is 3.80. The molecule has 0 saturated carbocycles. The van der Waals surface area contributed by atoms with Gasteiger partial charge in [0.05, 0.1) is 22.8 Å². The molecule has 8 heteroatoms. The molecule has 0 aliphatic rings. The topological polar surface area (TPSA) is 95.2 Å². The van der Waals surface area contributed by atoms with Crippen molar-refractivity contribution in [3.63, 3.8) is 0 Å². The Balaban J connectivity index is 3.27. The number of hydrogen-bond acceptors (Lipinski definition) is 4. The molecule has 0 radical (unpaired) electrons. The molecule has 1 aromatic carbocycles. The van der Waals surface area contributed by atoms with Gasteiger partial charge in [-0.15, -0.1) is 0 Å². The first-order chi connectivity index (χ1) is 9.50. The summed E-state index contributed by atoms with van der Waals surface area (Å²) in [4.78, 5) is 10.2. The maximum Gasteiger partial charge on any atom is 0.338 e. The van der Waals surface area contributed by atoms with Crippen molar-refractivity contribution in [2.45, 2.75) is 25.2 Å². The minimum atomic E-state index is -4.03. The Morgan fingerprint density at radius 2 is 2.05 bits per heavy atom. The first-order valence-corrected chi connectivity index (χ1v) is 8.31. The molecule has 114 valence electrons. The number of aromatic carboxylic acids is 1. The molecular weight excluding hydrogens is 365 g/mol. The van der Waals surface area contributed by atoms with Gasteiger partial charge < -0.3 is 5.11 Å². The van der Waals surface area contributed by atoms with Crippen molar-refractivity contribution >= 4 is 31.7 Å². The van der Waals surface area contributed by atoms with E-state index < -0.39 is 43.3 Å². The van der Waals surface area contributed by atoms with Crippen LogP contribution in [-0.2, 0) is 9.84 Å². The van der Waals surface area contributed by atoms with Crippen LogP contribution in [0.4, 0.5) is 4.39 Å². The van der Waals surface area contributed by atoms with E-state index in [0.717, 1.165) is 12.1 Å². The van der Waals surface area contributed by atoms with Crippen molar-refractivity contribution in [1.29, 1.82) is 5.26 Å². The Labute approximate surface area is 130 Å². The molecule has 0 saturated heterocycles. The van der Waals surface area contributed by atoms with Crippen molar-refractivity contribution in [1.82, 2.24) is 0 Å². The van der Waals surface area contributed by atoms with Gasteiger partial charge in [-0.1, -0.05) is 15.9 Å². The van der Waals surface area contributed by atoms with Crippen LogP contribution < -0.4 is 0 Å². The van der Waals surface area contributed by atoms with Crippen molar-refractivity contribution < 1.29 is 22.7 Å². The van der Waals surface area contributed by atoms with Gasteiger partial charge in [0.1, 0.15) is 4.90 Å². The lowest BCUT2D eigenvalue weighted by molar-refractivity contribution is 0.0691. The summed E-state index contributed by atoms with van der Waals surface area (Å²) in [6.45, 7) is 3.14. The third-order valence-electron chi connectivity index (χ3n) is 2.87. The highest BCUT2D eigenvalue weighted by molar-refractivity contribution is 9.10. The van der Waals surface area contributed by atoms with E-state index in [1.807, 2.05) is 6.07 Å². The summed E-state index contributed by atoms with van der Waals surface area (Å²) in [7, 11) is -4.03. The second-order valence-corrected chi connectivity index (χ2v) is 8.13. The van der Waals surface area contributed by atoms with Crippen LogP contribution in [0.2, 0.25) is 0 Å². The van der Waals surface area contributed by atoms with E-state index in [1.165, 1.54) is 0 Å². The first-order valence-electron chi connectivity index (χ1n) is 5.86. The van der Waals surface area contributed by atoms with Gasteiger partial charge in [0.25, 0.3) is 0 Å². The van der Waals surface area contributed by atoms with Gasteiger partial charge in [-0.25, -0.2) is 17.6 Å². The van der Waals surface area contributed by atoms with Crippen molar-refractivity contribution in [3.8, 4) is 6.07 Å². The first kappa shape index (κ1) is 17.6. The highest BCUT2D eigenvalue weighted by Crippen LogP contribution is 2.27. The zero-order valence-electron chi connectivity index (χ0n) is 11.4. The molecule has 0 amide bonds. The van der Waals surface area contributed by atoms with E-state index >= 15 is 0 Å². The number of carboxylic acids is 1. The molecular formula is C13H13BrFNO4S. The van der Waals surface area contributed by atoms with Crippen LogP contribution in [0.3, 0.4) is 0 Å². The van der Waals surface area contributed by atoms with Gasteiger partial charge in [-0.3, -0.25) is 0 Å². The Bertz CT molecular complexity index is 722. The molecule has 0 aliphatic carbocycles. The van der Waals surface area contributed by atoms with Gasteiger partial charge in [0.15, 0.2) is 15.7 Å². The summed E-state index contributed by atoms with van der Waals surface area (Å²) in [5.41, 5.74) is -1.59. The number of sulfone groups is 1. The highest BCUT2D eigenvalue weighted by atomic mass is 79.9. The second kappa shape index (κ2) is 6.12. The largest absolute Gasteiger partial charge is 0.478 e. The molecule has 0 atom stereocenters. The van der Waals surface area contributed by atoms with Crippen LogP contribution in [-0.4, -0.2) is 25.2 Å². The molecule has 0 heterocycles. The molecule has 0 unspecified atom stereocenters. The van der Waals surface area contributed by atoms with Crippen molar-refractivity contribution in [2.75, 3.05) is 5.75 Å². The number of carboxylic acid groups (broad SMARTS) is 1. The number of nitrogens with zero attached hydrogens (tertiary/aromatic N) is 1. The average Bonchev–Trinajstić information content (AvgIpc) is 2.38. The SMILES string of the molecule is CC(C)(C#N)CCS(=O)(=O)c1cc(Br)cc(C(=O)O)c1F. The zero-order chi connectivity index (χ0) is 16.4. The maximum atomic E-state index is 14.1. The predicted molar refractivity (Wildman–Crippen MR) is 77.1 cm³/mol. The van der Waals surface area contributed by atoms with E-state index in [0.29, 0.717) is 0 Å². The van der Waals surface area contributed by atoms with Crippen LogP contribution in [0.15, 0.2) is 21.5 Å². The highest BCUT2D eigenvalue weighted by Gasteiger charge is 2.27. The molecule has 1 N–H and O–H groups in total. The second-order valence-electron chi connectivity index (χ2n) is 5.14. The van der Waals surface area contributed by atoms with Gasteiger partial charge in [-0.2, -0.15) is 5.26 Å². The standard InChI is InChI=1S/C13H13BrFNO4S/c1-13(2,7-16)3-4-21(19,20)10-6-8(14)5-9(11(10)15)12(17)18/h5-6H,3-4H2,1-2H3,(H,17,18). The summed E-state index contributed by atoms with van der Waals surface area (Å²) in [5, 5.41) is 17.8. The van der Waals surface area contributed by atoms with Gasteiger partial charge >= 0.3 is 5.97 Å². The lowest BCUT2D eigenvalue weighted by Gasteiger charge is -2.15. The molecule has 5 nitrogen and oxygen atoms in total. The Morgan fingerprint density at radius 1 is 1.48 bits per heavy atom. The average molecular weight is 378 g/mol. The monoisotopic (exact) mass is 377 g/mol. The molecule has 0 bridgehead atoms. The molecule has 1 aromatic rings. The number of benzene rings is 1. The summed E-state index contributed by atoms with van der Waals surface area (Å²) >= 11 is 2.97. The summed E-state index contributed by atoms with van der Waals surface area (Å²) in [6, 6.07) is 3.98. The van der Waals surface area contributed by atoms with Gasteiger partial charge in [-0.05, 0) is 32.4 Å². The minimum absolute atomic E-state index is 0.0141. The Kier molecular flexibility index (Phi) is 5.12. The Morgan fingerprint density at radius 3 is 2.52 bits per heavy atom. The van der Waals surface area contributed by atoms with Gasteiger partial charge in [0.2, 0.25) is 0 Å². The molecule has 21 heavy (non-hydrogen) atoms. The number of rotatable bonds is 5. The number of nitriles is 1. The number of halogens is 2. The van der Waals surface area contributed by atoms with Crippen LogP contribution >= 0.6 is 15.9 Å². The molecule has 0 fully saturated rings. The maximum absolute atomic E-state index is 14.1. The van der Waals surface area contributed by atoms with Crippen molar-refractivity contribution in [3.05, 3.63) is 28.0 Å². The summed E-state index contributed by atoms with van der Waals surface area (Å²) in [5.74, 6) is -3.29. The third kappa shape index (κ3) is 4.25. The summed E-state index contributed by atoms with van der Waals surface area (Å²) in [6.07, 6.45) is 0.0141. The third-order valence-corrected chi connectivity index (χ3v) is 5.03. The summed E-state index contributed by atoms with van der Waals surface area (Å²) < 4.78 is 38.6. The molecule has 0 aromatic heterocycles. The van der Waals surface area contributed by atoms with E-state index in [4.69, 9.17) is 10.4 Å². The van der Waals surface area contributed by atoms with Crippen LogP contribution in [0, 0.1) is 22.6 Å². The van der Waals surface area contributed by atoms with Crippen molar-refractivity contribution in [2.24, 2.45) is 5.41 Å². The smallest absolute Gasteiger partial charge is 0.338 e. The number of hydrogen-bond donors (Lipinski definition) is 1. The minimum Gasteiger partial charge on any atom is -0.478 e. The molecule has 0 aliphatic heterocycles. The fourth-order valence-electron chi connectivity index (χ4n) is 1.50. The quantitative estimate of drug-likeness (QED) is 0.850. The van der Waals surface area contributed by atoms with Crippen LogP contribution in [0.25, 0.3) is 0 Å². The van der Waals surface area contributed by atoms with Crippen LogP contribution in [0.1, 0.15) is 30.6 Å². The zero-order valence-corrected chi connectivity index (χ0v) is 13.8.